The molecule has 1 atom stereocenters. The first-order valence-corrected chi connectivity index (χ1v) is 8.14. The van der Waals surface area contributed by atoms with Crippen molar-refractivity contribution in [3.63, 3.8) is 0 Å². The zero-order valence-corrected chi connectivity index (χ0v) is 13.5. The Kier molecular flexibility index (Phi) is 6.18. The summed E-state index contributed by atoms with van der Waals surface area (Å²) >= 11 is 6.15. The topological polar surface area (TPSA) is 12.5 Å². The maximum atomic E-state index is 6.15. The summed E-state index contributed by atoms with van der Waals surface area (Å²) in [7, 11) is 0. The van der Waals surface area contributed by atoms with Crippen molar-refractivity contribution in [1.82, 2.24) is 4.90 Å². The molecule has 20 heavy (non-hydrogen) atoms. The molecule has 1 aliphatic rings. The van der Waals surface area contributed by atoms with Crippen molar-refractivity contribution in [2.24, 2.45) is 5.92 Å². The molecule has 0 N–H and O–H groups in total. The molecule has 3 heteroatoms. The summed E-state index contributed by atoms with van der Waals surface area (Å²) in [6.45, 7) is 8.89. The smallest absolute Gasteiger partial charge is 0.137 e. The Morgan fingerprint density at radius 2 is 2.20 bits per heavy atom. The van der Waals surface area contributed by atoms with E-state index in [0.717, 1.165) is 29.7 Å². The highest BCUT2D eigenvalue weighted by Crippen LogP contribution is 2.25. The molecule has 1 heterocycles. The van der Waals surface area contributed by atoms with Gasteiger partial charge in [0.2, 0.25) is 0 Å². The lowest BCUT2D eigenvalue weighted by Crippen LogP contribution is -2.35. The van der Waals surface area contributed by atoms with Crippen molar-refractivity contribution >= 4 is 11.6 Å². The predicted octanol–water partition coefficient (Wildman–Crippen LogP) is 4.54. The van der Waals surface area contributed by atoms with Gasteiger partial charge in [0.15, 0.2) is 0 Å². The molecular weight excluding hydrogens is 270 g/mol. The molecule has 0 aliphatic carbocycles. The molecule has 0 saturated carbocycles. The van der Waals surface area contributed by atoms with Crippen LogP contribution in [-0.2, 0) is 0 Å². The van der Waals surface area contributed by atoms with Crippen LogP contribution in [-0.4, -0.2) is 31.1 Å². The van der Waals surface area contributed by atoms with Gasteiger partial charge in [-0.05, 0) is 69.3 Å². The predicted molar refractivity (Wildman–Crippen MR) is 85.8 cm³/mol. The minimum atomic E-state index is 0.717. The van der Waals surface area contributed by atoms with Gasteiger partial charge in [0.05, 0.1) is 11.6 Å². The third-order valence-electron chi connectivity index (χ3n) is 3.95. The third kappa shape index (κ3) is 4.99. The number of benzene rings is 1. The van der Waals surface area contributed by atoms with E-state index in [2.05, 4.69) is 11.8 Å². The van der Waals surface area contributed by atoms with Crippen molar-refractivity contribution in [2.75, 3.05) is 26.2 Å². The monoisotopic (exact) mass is 295 g/mol. The molecule has 2 rings (SSSR count). The van der Waals surface area contributed by atoms with Crippen LogP contribution in [0.15, 0.2) is 18.2 Å². The van der Waals surface area contributed by atoms with Crippen LogP contribution in [0.2, 0.25) is 5.02 Å². The fourth-order valence-electron chi connectivity index (χ4n) is 2.83. The minimum Gasteiger partial charge on any atom is -0.492 e. The number of hydrogen-bond donors (Lipinski definition) is 0. The van der Waals surface area contributed by atoms with Crippen LogP contribution in [0.1, 0.15) is 38.2 Å². The van der Waals surface area contributed by atoms with Crippen LogP contribution >= 0.6 is 11.6 Å². The van der Waals surface area contributed by atoms with Crippen LogP contribution in [0, 0.1) is 12.8 Å². The van der Waals surface area contributed by atoms with E-state index in [1.165, 1.54) is 44.5 Å². The number of likely N-dealkylation sites (tertiary alicyclic amines) is 1. The quantitative estimate of drug-likeness (QED) is 0.715. The first kappa shape index (κ1) is 15.7. The lowest BCUT2D eigenvalue weighted by molar-refractivity contribution is 0.177. The molecule has 1 unspecified atom stereocenters. The fraction of sp³-hybridized carbons (Fsp3) is 0.647. The summed E-state index contributed by atoms with van der Waals surface area (Å²) in [6, 6.07) is 5.95. The summed E-state index contributed by atoms with van der Waals surface area (Å²) < 4.78 is 5.75. The van der Waals surface area contributed by atoms with Crippen LogP contribution in [0.25, 0.3) is 0 Å². The SMILES string of the molecule is Cc1ccc(OCCCCN2CCCC(C)C2)c(Cl)c1. The second kappa shape index (κ2) is 7.90. The van der Waals surface area contributed by atoms with Crippen LogP contribution in [0.4, 0.5) is 0 Å². The Bertz CT molecular complexity index is 421. The second-order valence-electron chi connectivity index (χ2n) is 6.04. The molecule has 1 aromatic carbocycles. The van der Waals surface area contributed by atoms with Crippen LogP contribution in [0.5, 0.6) is 5.75 Å². The van der Waals surface area contributed by atoms with E-state index in [1.54, 1.807) is 0 Å². The average Bonchev–Trinajstić information content (AvgIpc) is 2.41. The average molecular weight is 296 g/mol. The number of piperidine rings is 1. The van der Waals surface area contributed by atoms with E-state index in [1.807, 2.05) is 25.1 Å². The normalized spacial score (nSPS) is 20.1. The molecule has 1 fully saturated rings. The second-order valence-corrected chi connectivity index (χ2v) is 6.44. The number of unbranched alkanes of at least 4 members (excludes halogenated alkanes) is 1. The van der Waals surface area contributed by atoms with Crippen LogP contribution < -0.4 is 4.74 Å². The van der Waals surface area contributed by atoms with Crippen molar-refractivity contribution in [3.8, 4) is 5.75 Å². The van der Waals surface area contributed by atoms with Gasteiger partial charge in [0.1, 0.15) is 5.75 Å². The van der Waals surface area contributed by atoms with E-state index < -0.39 is 0 Å². The van der Waals surface area contributed by atoms with Crippen molar-refractivity contribution in [1.29, 1.82) is 0 Å². The van der Waals surface area contributed by atoms with Crippen molar-refractivity contribution < 1.29 is 4.74 Å². The lowest BCUT2D eigenvalue weighted by atomic mass is 10.0. The van der Waals surface area contributed by atoms with Gasteiger partial charge in [-0.15, -0.1) is 0 Å². The van der Waals surface area contributed by atoms with Gasteiger partial charge in [-0.2, -0.15) is 0 Å². The Morgan fingerprint density at radius 3 is 2.95 bits per heavy atom. The van der Waals surface area contributed by atoms with Gasteiger partial charge in [-0.1, -0.05) is 24.6 Å². The summed E-state index contributed by atoms with van der Waals surface area (Å²) in [5.74, 6) is 1.68. The standard InChI is InChI=1S/C17H26ClNO/c1-14-7-8-17(16(18)12-14)20-11-4-3-9-19-10-5-6-15(2)13-19/h7-8,12,15H,3-6,9-11,13H2,1-2H3. The van der Waals surface area contributed by atoms with Gasteiger partial charge >= 0.3 is 0 Å². The van der Waals surface area contributed by atoms with Crippen molar-refractivity contribution in [2.45, 2.75) is 39.5 Å². The van der Waals surface area contributed by atoms with E-state index in [-0.39, 0.29) is 0 Å². The summed E-state index contributed by atoms with van der Waals surface area (Å²) in [4.78, 5) is 2.59. The fourth-order valence-corrected chi connectivity index (χ4v) is 3.12. The molecule has 1 saturated heterocycles. The Morgan fingerprint density at radius 1 is 1.35 bits per heavy atom. The van der Waals surface area contributed by atoms with Gasteiger partial charge in [-0.25, -0.2) is 0 Å². The third-order valence-corrected chi connectivity index (χ3v) is 4.25. The molecule has 0 aromatic heterocycles. The first-order chi connectivity index (χ1) is 9.65. The number of hydrogen-bond acceptors (Lipinski definition) is 2. The number of halogens is 1. The molecule has 0 radical (unpaired) electrons. The van der Waals surface area contributed by atoms with E-state index in [0.29, 0.717) is 0 Å². The maximum absolute atomic E-state index is 6.15. The summed E-state index contributed by atoms with van der Waals surface area (Å²) in [6.07, 6.45) is 5.05. The van der Waals surface area contributed by atoms with E-state index in [9.17, 15) is 0 Å². The van der Waals surface area contributed by atoms with Gasteiger partial charge < -0.3 is 9.64 Å². The number of nitrogens with zero attached hydrogens (tertiary/aromatic N) is 1. The first-order valence-electron chi connectivity index (χ1n) is 7.76. The zero-order chi connectivity index (χ0) is 14.4. The highest BCUT2D eigenvalue weighted by atomic mass is 35.5. The number of aryl methyl sites for hydroxylation is 1. The summed E-state index contributed by atoms with van der Waals surface area (Å²) in [5.41, 5.74) is 1.17. The Balaban J connectivity index is 1.61. The minimum absolute atomic E-state index is 0.717. The van der Waals surface area contributed by atoms with E-state index in [4.69, 9.17) is 16.3 Å². The summed E-state index contributed by atoms with van der Waals surface area (Å²) in [5, 5.41) is 0.717. The van der Waals surface area contributed by atoms with Gasteiger partial charge in [0.25, 0.3) is 0 Å². The van der Waals surface area contributed by atoms with Gasteiger partial charge in [-0.3, -0.25) is 0 Å². The highest BCUT2D eigenvalue weighted by Gasteiger charge is 2.15. The van der Waals surface area contributed by atoms with Crippen LogP contribution in [0.3, 0.4) is 0 Å². The van der Waals surface area contributed by atoms with Crippen molar-refractivity contribution in [3.05, 3.63) is 28.8 Å². The lowest BCUT2D eigenvalue weighted by Gasteiger charge is -2.30. The Labute approximate surface area is 128 Å². The molecule has 0 bridgehead atoms. The Hall–Kier alpha value is -0.730. The number of rotatable bonds is 6. The molecule has 2 nitrogen and oxygen atoms in total. The molecular formula is C17H26ClNO. The molecule has 0 spiro atoms. The molecule has 0 amide bonds. The maximum Gasteiger partial charge on any atom is 0.137 e. The van der Waals surface area contributed by atoms with E-state index >= 15 is 0 Å². The highest BCUT2D eigenvalue weighted by molar-refractivity contribution is 6.32. The molecule has 1 aromatic rings. The molecule has 112 valence electrons. The number of ether oxygens (including phenoxy) is 1. The zero-order valence-electron chi connectivity index (χ0n) is 12.7. The largest absolute Gasteiger partial charge is 0.492 e. The van der Waals surface area contributed by atoms with Gasteiger partial charge in [0, 0.05) is 6.54 Å². The molecule has 1 aliphatic heterocycles.